The van der Waals surface area contributed by atoms with Crippen LogP contribution in [-0.4, -0.2) is 10.1 Å². The van der Waals surface area contributed by atoms with Crippen molar-refractivity contribution in [3.63, 3.8) is 0 Å². The van der Waals surface area contributed by atoms with E-state index in [4.69, 9.17) is 0 Å². The fraction of sp³-hybridized carbons (Fsp3) is 0.583. The van der Waals surface area contributed by atoms with E-state index in [-0.39, 0.29) is 0 Å². The van der Waals surface area contributed by atoms with Crippen LogP contribution in [0.25, 0.3) is 0 Å². The zero-order valence-corrected chi connectivity index (χ0v) is 8.19. The van der Waals surface area contributed by atoms with Crippen LogP contribution in [-0.2, 0) is 5.60 Å². The first-order valence-electron chi connectivity index (χ1n) is 5.46. The van der Waals surface area contributed by atoms with E-state index < -0.39 is 5.60 Å². The lowest BCUT2D eigenvalue weighted by molar-refractivity contribution is 0.118. The van der Waals surface area contributed by atoms with Crippen LogP contribution in [0, 0.1) is 11.8 Å². The molecule has 1 aromatic rings. The molecule has 1 aromatic heterocycles. The van der Waals surface area contributed by atoms with Crippen molar-refractivity contribution in [2.75, 3.05) is 0 Å². The molecule has 2 saturated carbocycles. The van der Waals surface area contributed by atoms with E-state index in [2.05, 4.69) is 4.98 Å². The Morgan fingerprint density at radius 1 is 1.14 bits per heavy atom. The molecule has 2 fully saturated rings. The van der Waals surface area contributed by atoms with Crippen LogP contribution >= 0.6 is 0 Å². The molecule has 0 aromatic carbocycles. The Morgan fingerprint density at radius 2 is 1.71 bits per heavy atom. The molecule has 2 nitrogen and oxygen atoms in total. The van der Waals surface area contributed by atoms with E-state index in [9.17, 15) is 5.11 Å². The third-order valence-corrected chi connectivity index (χ3v) is 3.93. The van der Waals surface area contributed by atoms with Crippen LogP contribution in [0.2, 0.25) is 0 Å². The molecule has 1 heterocycles. The number of aliphatic hydroxyl groups is 1. The molecule has 2 unspecified atom stereocenters. The molecule has 2 atom stereocenters. The second kappa shape index (κ2) is 2.80. The highest BCUT2D eigenvalue weighted by molar-refractivity contribution is 5.31. The van der Waals surface area contributed by atoms with Gasteiger partial charge in [-0.1, -0.05) is 12.8 Å². The molecule has 2 aliphatic rings. The van der Waals surface area contributed by atoms with Gasteiger partial charge in [0.15, 0.2) is 0 Å². The number of pyridine rings is 1. The topological polar surface area (TPSA) is 33.1 Å². The van der Waals surface area contributed by atoms with Gasteiger partial charge in [0.05, 0.1) is 5.60 Å². The minimum atomic E-state index is -0.501. The second-order valence-electron chi connectivity index (χ2n) is 4.56. The normalized spacial score (nSPS) is 40.4. The third kappa shape index (κ3) is 0.976. The fourth-order valence-electron chi connectivity index (χ4n) is 3.14. The van der Waals surface area contributed by atoms with Crippen LogP contribution in [0.1, 0.15) is 31.2 Å². The Labute approximate surface area is 84.0 Å². The molecule has 2 heteroatoms. The van der Waals surface area contributed by atoms with Crippen LogP contribution < -0.4 is 0 Å². The first-order chi connectivity index (χ1) is 6.83. The molecule has 1 N–H and O–H groups in total. The number of hydrogen-bond donors (Lipinski definition) is 1. The summed E-state index contributed by atoms with van der Waals surface area (Å²) in [4.78, 5) is 3.99. The maximum atomic E-state index is 10.5. The molecule has 0 spiro atoms. The summed E-state index contributed by atoms with van der Waals surface area (Å²) < 4.78 is 0. The fourth-order valence-corrected chi connectivity index (χ4v) is 3.14. The van der Waals surface area contributed by atoms with Gasteiger partial charge in [-0.25, -0.2) is 0 Å². The summed E-state index contributed by atoms with van der Waals surface area (Å²) in [6, 6.07) is 3.91. The van der Waals surface area contributed by atoms with E-state index in [1.165, 1.54) is 25.7 Å². The van der Waals surface area contributed by atoms with Gasteiger partial charge in [-0.3, -0.25) is 4.98 Å². The number of fused-ring (bicyclic) bond motifs is 1. The monoisotopic (exact) mass is 189 g/mol. The van der Waals surface area contributed by atoms with E-state index in [1.807, 2.05) is 12.1 Å². The molecule has 74 valence electrons. The summed E-state index contributed by atoms with van der Waals surface area (Å²) in [5.74, 6) is 1.05. The predicted molar refractivity (Wildman–Crippen MR) is 53.6 cm³/mol. The van der Waals surface area contributed by atoms with Crippen molar-refractivity contribution < 1.29 is 5.11 Å². The van der Waals surface area contributed by atoms with Crippen molar-refractivity contribution in [2.24, 2.45) is 11.8 Å². The van der Waals surface area contributed by atoms with Crippen molar-refractivity contribution >= 4 is 0 Å². The summed E-state index contributed by atoms with van der Waals surface area (Å²) in [5, 5.41) is 10.5. The van der Waals surface area contributed by atoms with Gasteiger partial charge < -0.3 is 5.11 Å². The number of rotatable bonds is 1. The molecule has 0 bridgehead atoms. The maximum Gasteiger partial charge on any atom is 0.0961 e. The van der Waals surface area contributed by atoms with E-state index >= 15 is 0 Å². The summed E-state index contributed by atoms with van der Waals surface area (Å²) in [6.45, 7) is 0. The lowest BCUT2D eigenvalue weighted by atomic mass is 10.0. The summed E-state index contributed by atoms with van der Waals surface area (Å²) in [7, 11) is 0. The summed E-state index contributed by atoms with van der Waals surface area (Å²) >= 11 is 0. The summed E-state index contributed by atoms with van der Waals surface area (Å²) in [5.41, 5.74) is 0.573. The van der Waals surface area contributed by atoms with Gasteiger partial charge in [-0.2, -0.15) is 0 Å². The van der Waals surface area contributed by atoms with Crippen molar-refractivity contribution in [3.8, 4) is 0 Å². The van der Waals surface area contributed by atoms with Gasteiger partial charge in [0.1, 0.15) is 0 Å². The molecule has 0 amide bonds. The Morgan fingerprint density at radius 3 is 2.29 bits per heavy atom. The van der Waals surface area contributed by atoms with Gasteiger partial charge in [0.2, 0.25) is 0 Å². The highest BCUT2D eigenvalue weighted by Crippen LogP contribution is 2.64. The smallest absolute Gasteiger partial charge is 0.0961 e. The first kappa shape index (κ1) is 8.42. The van der Waals surface area contributed by atoms with E-state index in [1.54, 1.807) is 12.4 Å². The zero-order chi connectivity index (χ0) is 9.60. The van der Waals surface area contributed by atoms with Crippen LogP contribution in [0.15, 0.2) is 24.5 Å². The average Bonchev–Trinajstić information content (AvgIpc) is 2.89. The molecular formula is C12H15NO. The number of hydrogen-bond acceptors (Lipinski definition) is 2. The quantitative estimate of drug-likeness (QED) is 0.733. The van der Waals surface area contributed by atoms with Gasteiger partial charge in [0.25, 0.3) is 0 Å². The Balaban J connectivity index is 1.92. The molecule has 0 radical (unpaired) electrons. The Kier molecular flexibility index (Phi) is 1.68. The molecule has 14 heavy (non-hydrogen) atoms. The van der Waals surface area contributed by atoms with E-state index in [0.717, 1.165) is 5.56 Å². The average molecular weight is 189 g/mol. The minimum Gasteiger partial charge on any atom is -0.385 e. The first-order valence-corrected chi connectivity index (χ1v) is 5.46. The maximum absolute atomic E-state index is 10.5. The molecule has 0 aliphatic heterocycles. The highest BCUT2D eigenvalue weighted by Gasteiger charge is 2.64. The van der Waals surface area contributed by atoms with Crippen LogP contribution in [0.5, 0.6) is 0 Å². The SMILES string of the molecule is OC1(c2ccncc2)C2CCCCC21. The van der Waals surface area contributed by atoms with Gasteiger partial charge in [-0.15, -0.1) is 0 Å². The Bertz CT molecular complexity index is 323. The van der Waals surface area contributed by atoms with Gasteiger partial charge in [0, 0.05) is 12.4 Å². The molecule has 0 saturated heterocycles. The van der Waals surface area contributed by atoms with Gasteiger partial charge in [-0.05, 0) is 42.4 Å². The van der Waals surface area contributed by atoms with Gasteiger partial charge >= 0.3 is 0 Å². The molecular weight excluding hydrogens is 174 g/mol. The minimum absolute atomic E-state index is 0.501. The van der Waals surface area contributed by atoms with Crippen LogP contribution in [0.3, 0.4) is 0 Å². The Hall–Kier alpha value is -0.890. The standard InChI is InChI=1S/C12H15NO/c14-12(9-5-7-13-8-6-9)10-3-1-2-4-11(10)12/h5-8,10-11,14H,1-4H2. The number of aromatic nitrogens is 1. The lowest BCUT2D eigenvalue weighted by Gasteiger charge is -2.09. The second-order valence-corrected chi connectivity index (χ2v) is 4.56. The van der Waals surface area contributed by atoms with Crippen molar-refractivity contribution in [1.82, 2.24) is 4.98 Å². The lowest BCUT2D eigenvalue weighted by Crippen LogP contribution is -2.09. The molecule has 3 rings (SSSR count). The largest absolute Gasteiger partial charge is 0.385 e. The predicted octanol–water partition coefficient (Wildman–Crippen LogP) is 2.09. The van der Waals surface area contributed by atoms with E-state index in [0.29, 0.717) is 11.8 Å². The number of nitrogens with zero attached hydrogens (tertiary/aromatic N) is 1. The zero-order valence-electron chi connectivity index (χ0n) is 8.19. The third-order valence-electron chi connectivity index (χ3n) is 3.93. The highest BCUT2D eigenvalue weighted by atomic mass is 16.3. The van der Waals surface area contributed by atoms with Crippen LogP contribution in [0.4, 0.5) is 0 Å². The van der Waals surface area contributed by atoms with Crippen molar-refractivity contribution in [1.29, 1.82) is 0 Å². The molecule has 2 aliphatic carbocycles. The summed E-state index contributed by atoms with van der Waals surface area (Å²) in [6.07, 6.45) is 8.52. The van der Waals surface area contributed by atoms with Crippen molar-refractivity contribution in [2.45, 2.75) is 31.3 Å². The van der Waals surface area contributed by atoms with Crippen molar-refractivity contribution in [3.05, 3.63) is 30.1 Å².